The van der Waals surface area contributed by atoms with Crippen LogP contribution in [-0.4, -0.2) is 43.0 Å². The Bertz CT molecular complexity index is 919. The SMILES string of the molecule is CC[C@H](COC)NC(=O)c1ccc(-c2cc(-c3cccc(OC)c3)n[nH]2)cc1. The van der Waals surface area contributed by atoms with Crippen LogP contribution >= 0.6 is 0 Å². The normalized spacial score (nSPS) is 11.8. The first-order valence-electron chi connectivity index (χ1n) is 9.24. The number of hydrogen-bond donors (Lipinski definition) is 2. The number of aromatic amines is 1. The van der Waals surface area contributed by atoms with Gasteiger partial charge in [-0.1, -0.05) is 31.2 Å². The maximum absolute atomic E-state index is 12.4. The Morgan fingerprint density at radius 3 is 2.57 bits per heavy atom. The minimum absolute atomic E-state index is 0.00945. The van der Waals surface area contributed by atoms with Crippen molar-refractivity contribution < 1.29 is 14.3 Å². The Kier molecular flexibility index (Phi) is 6.45. The summed E-state index contributed by atoms with van der Waals surface area (Å²) >= 11 is 0. The van der Waals surface area contributed by atoms with E-state index in [1.165, 1.54) is 0 Å². The second kappa shape index (κ2) is 9.19. The largest absolute Gasteiger partial charge is 0.497 e. The third-order valence-corrected chi connectivity index (χ3v) is 4.60. The number of nitrogens with zero attached hydrogens (tertiary/aromatic N) is 1. The smallest absolute Gasteiger partial charge is 0.251 e. The maximum Gasteiger partial charge on any atom is 0.251 e. The van der Waals surface area contributed by atoms with Gasteiger partial charge in [-0.3, -0.25) is 9.89 Å². The average molecular weight is 379 g/mol. The van der Waals surface area contributed by atoms with E-state index in [-0.39, 0.29) is 11.9 Å². The Morgan fingerprint density at radius 2 is 1.89 bits per heavy atom. The van der Waals surface area contributed by atoms with E-state index in [1.54, 1.807) is 14.2 Å². The van der Waals surface area contributed by atoms with Crippen molar-refractivity contribution in [2.75, 3.05) is 20.8 Å². The first kappa shape index (κ1) is 19.6. The molecule has 0 saturated heterocycles. The summed E-state index contributed by atoms with van der Waals surface area (Å²) in [6.07, 6.45) is 0.818. The van der Waals surface area contributed by atoms with Gasteiger partial charge >= 0.3 is 0 Å². The molecule has 1 atom stereocenters. The number of H-pyrrole nitrogens is 1. The van der Waals surface area contributed by atoms with Crippen LogP contribution < -0.4 is 10.1 Å². The summed E-state index contributed by atoms with van der Waals surface area (Å²) in [6, 6.07) is 17.2. The number of aromatic nitrogens is 2. The number of nitrogens with one attached hydrogen (secondary N) is 2. The standard InChI is InChI=1S/C22H25N3O3/c1-4-18(14-27-2)23-22(26)16-10-8-15(9-11-16)20-13-21(25-24-20)17-6-5-7-19(12-17)28-3/h5-13,18H,4,14H2,1-3H3,(H,23,26)(H,24,25)/t18-/m1/s1. The van der Waals surface area contributed by atoms with E-state index in [1.807, 2.05) is 61.5 Å². The number of amides is 1. The summed E-state index contributed by atoms with van der Waals surface area (Å²) in [7, 11) is 3.28. The van der Waals surface area contributed by atoms with Crippen LogP contribution in [0.15, 0.2) is 54.6 Å². The predicted molar refractivity (Wildman–Crippen MR) is 109 cm³/mol. The van der Waals surface area contributed by atoms with Crippen molar-refractivity contribution in [3.8, 4) is 28.3 Å². The van der Waals surface area contributed by atoms with Gasteiger partial charge in [0, 0.05) is 18.2 Å². The molecular formula is C22H25N3O3. The van der Waals surface area contributed by atoms with Gasteiger partial charge in [-0.2, -0.15) is 5.10 Å². The van der Waals surface area contributed by atoms with Crippen LogP contribution in [0.5, 0.6) is 5.75 Å². The van der Waals surface area contributed by atoms with E-state index in [2.05, 4.69) is 15.5 Å². The minimum atomic E-state index is -0.0999. The molecule has 3 aromatic rings. The fraction of sp³-hybridized carbons (Fsp3) is 0.273. The molecule has 0 saturated carbocycles. The van der Waals surface area contributed by atoms with Gasteiger partial charge in [-0.05, 0) is 42.3 Å². The zero-order valence-corrected chi connectivity index (χ0v) is 16.4. The summed E-state index contributed by atoms with van der Waals surface area (Å²) in [4.78, 5) is 12.4. The van der Waals surface area contributed by atoms with Crippen LogP contribution in [0.4, 0.5) is 0 Å². The highest BCUT2D eigenvalue weighted by molar-refractivity contribution is 5.94. The fourth-order valence-corrected chi connectivity index (χ4v) is 2.93. The number of benzene rings is 2. The summed E-state index contributed by atoms with van der Waals surface area (Å²) in [5.41, 5.74) is 4.27. The number of rotatable bonds is 8. The van der Waals surface area contributed by atoms with Gasteiger partial charge in [-0.15, -0.1) is 0 Å². The van der Waals surface area contributed by atoms with Gasteiger partial charge in [-0.25, -0.2) is 0 Å². The molecule has 0 aliphatic carbocycles. The molecule has 2 aromatic carbocycles. The second-order valence-electron chi connectivity index (χ2n) is 6.51. The predicted octanol–water partition coefficient (Wildman–Crippen LogP) is 3.91. The molecule has 1 heterocycles. The van der Waals surface area contributed by atoms with Crippen LogP contribution in [0, 0.1) is 0 Å². The van der Waals surface area contributed by atoms with E-state index >= 15 is 0 Å². The van der Waals surface area contributed by atoms with E-state index in [4.69, 9.17) is 9.47 Å². The number of carbonyl (C=O) groups excluding carboxylic acids is 1. The number of hydrogen-bond acceptors (Lipinski definition) is 4. The van der Waals surface area contributed by atoms with E-state index in [9.17, 15) is 4.79 Å². The first-order chi connectivity index (χ1) is 13.6. The van der Waals surface area contributed by atoms with E-state index in [0.29, 0.717) is 12.2 Å². The van der Waals surface area contributed by atoms with Gasteiger partial charge < -0.3 is 14.8 Å². The fourth-order valence-electron chi connectivity index (χ4n) is 2.93. The first-order valence-corrected chi connectivity index (χ1v) is 9.24. The van der Waals surface area contributed by atoms with Crippen molar-refractivity contribution in [1.29, 1.82) is 0 Å². The Hall–Kier alpha value is -3.12. The molecule has 1 aromatic heterocycles. The van der Waals surface area contributed by atoms with Crippen LogP contribution in [0.25, 0.3) is 22.5 Å². The van der Waals surface area contributed by atoms with Crippen LogP contribution in [0.3, 0.4) is 0 Å². The van der Waals surface area contributed by atoms with Crippen molar-refractivity contribution in [2.24, 2.45) is 0 Å². The number of methoxy groups -OCH3 is 2. The molecule has 28 heavy (non-hydrogen) atoms. The monoisotopic (exact) mass is 379 g/mol. The Labute approximate surface area is 164 Å². The van der Waals surface area contributed by atoms with E-state index in [0.717, 1.165) is 34.7 Å². The van der Waals surface area contributed by atoms with Gasteiger partial charge in [0.25, 0.3) is 5.91 Å². The molecule has 1 amide bonds. The topological polar surface area (TPSA) is 76.2 Å². The Morgan fingerprint density at radius 1 is 1.11 bits per heavy atom. The summed E-state index contributed by atoms with van der Waals surface area (Å²) in [6.45, 7) is 2.52. The lowest BCUT2D eigenvalue weighted by Crippen LogP contribution is -2.37. The van der Waals surface area contributed by atoms with Crippen LogP contribution in [0.1, 0.15) is 23.7 Å². The highest BCUT2D eigenvalue weighted by atomic mass is 16.5. The average Bonchev–Trinajstić information content (AvgIpc) is 3.24. The van der Waals surface area contributed by atoms with Gasteiger partial charge in [0.1, 0.15) is 5.75 Å². The van der Waals surface area contributed by atoms with Crippen LogP contribution in [0.2, 0.25) is 0 Å². The summed E-state index contributed by atoms with van der Waals surface area (Å²) in [5.74, 6) is 0.688. The van der Waals surface area contributed by atoms with Crippen molar-refractivity contribution >= 4 is 5.91 Å². The molecule has 0 unspecified atom stereocenters. The Balaban J connectivity index is 1.73. The van der Waals surface area contributed by atoms with Crippen molar-refractivity contribution in [3.05, 3.63) is 60.2 Å². The molecule has 2 N–H and O–H groups in total. The minimum Gasteiger partial charge on any atom is -0.497 e. The number of ether oxygens (including phenoxy) is 2. The highest BCUT2D eigenvalue weighted by Crippen LogP contribution is 2.26. The summed E-state index contributed by atoms with van der Waals surface area (Å²) in [5, 5.41) is 10.4. The maximum atomic E-state index is 12.4. The molecule has 0 fully saturated rings. The molecule has 0 aliphatic rings. The zero-order chi connectivity index (χ0) is 19.9. The molecule has 3 rings (SSSR count). The zero-order valence-electron chi connectivity index (χ0n) is 16.4. The third kappa shape index (κ3) is 4.58. The van der Waals surface area contributed by atoms with Crippen molar-refractivity contribution in [1.82, 2.24) is 15.5 Å². The van der Waals surface area contributed by atoms with Gasteiger partial charge in [0.05, 0.1) is 31.1 Å². The van der Waals surface area contributed by atoms with E-state index < -0.39 is 0 Å². The summed E-state index contributed by atoms with van der Waals surface area (Å²) < 4.78 is 10.4. The van der Waals surface area contributed by atoms with Gasteiger partial charge in [0.15, 0.2) is 0 Å². The van der Waals surface area contributed by atoms with Gasteiger partial charge in [0.2, 0.25) is 0 Å². The van der Waals surface area contributed by atoms with Crippen molar-refractivity contribution in [2.45, 2.75) is 19.4 Å². The third-order valence-electron chi connectivity index (χ3n) is 4.60. The molecule has 0 aliphatic heterocycles. The molecule has 6 heteroatoms. The number of carbonyl (C=O) groups is 1. The molecule has 0 radical (unpaired) electrons. The lowest BCUT2D eigenvalue weighted by molar-refractivity contribution is 0.0894. The lowest BCUT2D eigenvalue weighted by atomic mass is 10.1. The molecule has 0 spiro atoms. The molecule has 0 bridgehead atoms. The molecule has 146 valence electrons. The quantitative estimate of drug-likeness (QED) is 0.622. The van der Waals surface area contributed by atoms with Crippen molar-refractivity contribution in [3.63, 3.8) is 0 Å². The highest BCUT2D eigenvalue weighted by Gasteiger charge is 2.13. The molecular weight excluding hydrogens is 354 g/mol. The van der Waals surface area contributed by atoms with Crippen LogP contribution in [-0.2, 0) is 4.74 Å². The lowest BCUT2D eigenvalue weighted by Gasteiger charge is -2.15. The molecule has 6 nitrogen and oxygen atoms in total. The second-order valence-corrected chi connectivity index (χ2v) is 6.51.